The summed E-state index contributed by atoms with van der Waals surface area (Å²) < 4.78 is 5.41. The summed E-state index contributed by atoms with van der Waals surface area (Å²) in [5, 5.41) is 5.54. The molecule has 0 saturated carbocycles. The molecule has 0 saturated heterocycles. The van der Waals surface area contributed by atoms with E-state index in [4.69, 9.17) is 4.74 Å². The number of rotatable bonds is 4. The first-order chi connectivity index (χ1) is 10.7. The predicted molar refractivity (Wildman–Crippen MR) is 89.2 cm³/mol. The normalized spacial score (nSPS) is 9.36. The maximum absolute atomic E-state index is 11.9. The van der Waals surface area contributed by atoms with Crippen LogP contribution in [0.5, 0.6) is 5.75 Å². The Morgan fingerprint density at radius 3 is 2.09 bits per heavy atom. The Bertz CT molecular complexity index is 680. The zero-order valence-corrected chi connectivity index (χ0v) is 12.6. The molecular weight excluding hydrogens is 276 g/mol. The molecule has 4 nitrogen and oxygen atoms in total. The van der Waals surface area contributed by atoms with Gasteiger partial charge in [0.15, 0.2) is 0 Å². The van der Waals surface area contributed by atoms with Crippen LogP contribution in [0, 0.1) is 18.8 Å². The second-order valence-corrected chi connectivity index (χ2v) is 4.68. The van der Waals surface area contributed by atoms with Crippen LogP contribution in [0.2, 0.25) is 0 Å². The van der Waals surface area contributed by atoms with E-state index in [1.54, 1.807) is 31.2 Å². The fraction of sp³-hybridized carbons (Fsp3) is 0.167. The molecule has 112 valence electrons. The molecule has 0 aliphatic carbocycles. The first-order valence-corrected chi connectivity index (χ1v) is 6.94. The number of urea groups is 1. The monoisotopic (exact) mass is 294 g/mol. The standard InChI is InChI=1S/C18H18N2O2/c1-3-4-13-22-17-11-9-16(10-12-17)20-18(21)19-15-7-5-14(2)6-8-15/h5-12H,13H2,1-2H3,(H2,19,20,21). The predicted octanol–water partition coefficient (Wildman–Crippen LogP) is 4.04. The molecule has 0 atom stereocenters. The molecular formula is C18H18N2O2. The Hall–Kier alpha value is -2.93. The molecule has 4 heteroatoms. The fourth-order valence-electron chi connectivity index (χ4n) is 1.76. The second kappa shape index (κ2) is 7.75. The number of amides is 2. The van der Waals surface area contributed by atoms with Gasteiger partial charge in [0.05, 0.1) is 0 Å². The van der Waals surface area contributed by atoms with Crippen molar-refractivity contribution in [1.29, 1.82) is 0 Å². The molecule has 0 aromatic heterocycles. The summed E-state index contributed by atoms with van der Waals surface area (Å²) in [6.45, 7) is 4.12. The zero-order valence-electron chi connectivity index (χ0n) is 12.6. The average molecular weight is 294 g/mol. The number of carbonyl (C=O) groups is 1. The summed E-state index contributed by atoms with van der Waals surface area (Å²) in [7, 11) is 0. The van der Waals surface area contributed by atoms with Gasteiger partial charge in [0.25, 0.3) is 0 Å². The van der Waals surface area contributed by atoms with Crippen LogP contribution < -0.4 is 15.4 Å². The molecule has 22 heavy (non-hydrogen) atoms. The van der Waals surface area contributed by atoms with Crippen LogP contribution >= 0.6 is 0 Å². The first-order valence-electron chi connectivity index (χ1n) is 6.94. The third kappa shape index (κ3) is 4.88. The summed E-state index contributed by atoms with van der Waals surface area (Å²) in [6, 6.07) is 14.5. The van der Waals surface area contributed by atoms with E-state index in [-0.39, 0.29) is 6.03 Å². The van der Waals surface area contributed by atoms with E-state index in [1.807, 2.05) is 31.2 Å². The van der Waals surface area contributed by atoms with Gasteiger partial charge in [-0.05, 0) is 50.2 Å². The Morgan fingerprint density at radius 2 is 1.55 bits per heavy atom. The van der Waals surface area contributed by atoms with Crippen molar-refractivity contribution < 1.29 is 9.53 Å². The van der Waals surface area contributed by atoms with Gasteiger partial charge in [0, 0.05) is 11.4 Å². The lowest BCUT2D eigenvalue weighted by Crippen LogP contribution is -2.19. The van der Waals surface area contributed by atoms with Crippen LogP contribution in [0.3, 0.4) is 0 Å². The van der Waals surface area contributed by atoms with Gasteiger partial charge in [-0.15, -0.1) is 5.92 Å². The van der Waals surface area contributed by atoms with Crippen molar-refractivity contribution >= 4 is 17.4 Å². The lowest BCUT2D eigenvalue weighted by molar-refractivity contribution is 0.262. The molecule has 0 aliphatic heterocycles. The highest BCUT2D eigenvalue weighted by atomic mass is 16.5. The summed E-state index contributed by atoms with van der Waals surface area (Å²) in [6.07, 6.45) is 0. The first kappa shape index (κ1) is 15.5. The Balaban J connectivity index is 1.88. The quantitative estimate of drug-likeness (QED) is 0.836. The largest absolute Gasteiger partial charge is 0.481 e. The SMILES string of the molecule is CC#CCOc1ccc(NC(=O)Nc2ccc(C)cc2)cc1. The molecule has 2 aromatic carbocycles. The number of ether oxygens (including phenoxy) is 1. The number of carbonyl (C=O) groups excluding carboxylic acids is 1. The molecule has 0 bridgehead atoms. The van der Waals surface area contributed by atoms with E-state index >= 15 is 0 Å². The van der Waals surface area contributed by atoms with E-state index in [1.165, 1.54) is 0 Å². The molecule has 0 unspecified atom stereocenters. The van der Waals surface area contributed by atoms with E-state index in [0.29, 0.717) is 18.0 Å². The molecule has 2 N–H and O–H groups in total. The lowest BCUT2D eigenvalue weighted by Gasteiger charge is -2.08. The minimum Gasteiger partial charge on any atom is -0.481 e. The minimum absolute atomic E-state index is 0.283. The van der Waals surface area contributed by atoms with Crippen LogP contribution in [0.1, 0.15) is 12.5 Å². The van der Waals surface area contributed by atoms with Crippen molar-refractivity contribution in [3.8, 4) is 17.6 Å². The summed E-state index contributed by atoms with van der Waals surface area (Å²) in [5.74, 6) is 6.30. The van der Waals surface area contributed by atoms with Gasteiger partial charge in [-0.1, -0.05) is 23.6 Å². The summed E-state index contributed by atoms with van der Waals surface area (Å²) in [4.78, 5) is 11.9. The molecule has 0 aliphatic rings. The number of anilines is 2. The molecule has 2 aromatic rings. The highest BCUT2D eigenvalue weighted by Crippen LogP contribution is 2.16. The molecule has 0 radical (unpaired) electrons. The maximum Gasteiger partial charge on any atom is 0.323 e. The number of aryl methyl sites for hydroxylation is 1. The van der Waals surface area contributed by atoms with Crippen LogP contribution in [-0.2, 0) is 0 Å². The topological polar surface area (TPSA) is 50.4 Å². The van der Waals surface area contributed by atoms with Gasteiger partial charge in [-0.2, -0.15) is 0 Å². The molecule has 0 fully saturated rings. The van der Waals surface area contributed by atoms with Crippen LogP contribution in [0.25, 0.3) is 0 Å². The number of hydrogen-bond donors (Lipinski definition) is 2. The van der Waals surface area contributed by atoms with E-state index in [9.17, 15) is 4.79 Å². The molecule has 0 heterocycles. The van der Waals surface area contributed by atoms with Crippen molar-refractivity contribution in [3.05, 3.63) is 54.1 Å². The van der Waals surface area contributed by atoms with Crippen LogP contribution in [0.15, 0.2) is 48.5 Å². The van der Waals surface area contributed by atoms with Crippen molar-refractivity contribution in [3.63, 3.8) is 0 Å². The minimum atomic E-state index is -0.283. The summed E-state index contributed by atoms with van der Waals surface area (Å²) in [5.41, 5.74) is 2.59. The third-order valence-electron chi connectivity index (χ3n) is 2.91. The fourth-order valence-corrected chi connectivity index (χ4v) is 1.76. The van der Waals surface area contributed by atoms with Gasteiger partial charge in [0.1, 0.15) is 12.4 Å². The molecule has 0 spiro atoms. The van der Waals surface area contributed by atoms with Gasteiger partial charge >= 0.3 is 6.03 Å². The maximum atomic E-state index is 11.9. The second-order valence-electron chi connectivity index (χ2n) is 4.68. The smallest absolute Gasteiger partial charge is 0.323 e. The molecule has 2 rings (SSSR count). The van der Waals surface area contributed by atoms with Gasteiger partial charge in [-0.25, -0.2) is 4.79 Å². The van der Waals surface area contributed by atoms with Crippen LogP contribution in [-0.4, -0.2) is 12.6 Å². The number of nitrogens with one attached hydrogen (secondary N) is 2. The Kier molecular flexibility index (Phi) is 5.44. The highest BCUT2D eigenvalue weighted by molar-refractivity contribution is 5.99. The van der Waals surface area contributed by atoms with Crippen molar-refractivity contribution in [2.24, 2.45) is 0 Å². The van der Waals surface area contributed by atoms with Gasteiger partial charge in [0.2, 0.25) is 0 Å². The number of hydrogen-bond acceptors (Lipinski definition) is 2. The van der Waals surface area contributed by atoms with Crippen molar-refractivity contribution in [2.45, 2.75) is 13.8 Å². The molecule has 2 amide bonds. The van der Waals surface area contributed by atoms with E-state index in [0.717, 1.165) is 11.3 Å². The zero-order chi connectivity index (χ0) is 15.8. The van der Waals surface area contributed by atoms with Gasteiger partial charge in [-0.3, -0.25) is 0 Å². The van der Waals surface area contributed by atoms with Crippen molar-refractivity contribution in [2.75, 3.05) is 17.2 Å². The average Bonchev–Trinajstić information content (AvgIpc) is 2.51. The third-order valence-corrected chi connectivity index (χ3v) is 2.91. The van der Waals surface area contributed by atoms with E-state index < -0.39 is 0 Å². The lowest BCUT2D eigenvalue weighted by atomic mass is 10.2. The summed E-state index contributed by atoms with van der Waals surface area (Å²) >= 11 is 0. The Morgan fingerprint density at radius 1 is 1.00 bits per heavy atom. The van der Waals surface area contributed by atoms with Crippen LogP contribution in [0.4, 0.5) is 16.2 Å². The highest BCUT2D eigenvalue weighted by Gasteiger charge is 2.02. The van der Waals surface area contributed by atoms with Crippen molar-refractivity contribution in [1.82, 2.24) is 0 Å². The van der Waals surface area contributed by atoms with Gasteiger partial charge < -0.3 is 15.4 Å². The van der Waals surface area contributed by atoms with E-state index in [2.05, 4.69) is 22.5 Å². The Labute approximate surface area is 130 Å². The number of benzene rings is 2.